The summed E-state index contributed by atoms with van der Waals surface area (Å²) in [7, 11) is 0.852. The SMILES string of the molecule is C[Si](Br)(Br)[Si]Br. The zero-order chi connectivity index (χ0) is 5.21. The van der Waals surface area contributed by atoms with Crippen LogP contribution in [0.1, 0.15) is 0 Å². The quantitative estimate of drug-likeness (QED) is 0.515. The summed E-state index contributed by atoms with van der Waals surface area (Å²) in [5.41, 5.74) is 0. The van der Waals surface area contributed by atoms with E-state index >= 15 is 0 Å². The molecule has 36 valence electrons. The van der Waals surface area contributed by atoms with Crippen molar-refractivity contribution in [1.29, 1.82) is 0 Å². The van der Waals surface area contributed by atoms with Gasteiger partial charge in [0.25, 0.3) is 0 Å². The van der Waals surface area contributed by atoms with E-state index in [0.717, 1.165) is 7.66 Å². The molecule has 0 N–H and O–H groups in total. The second kappa shape index (κ2) is 3.01. The van der Waals surface area contributed by atoms with E-state index in [0.29, 0.717) is 0 Å². The van der Waals surface area contributed by atoms with Gasteiger partial charge < -0.3 is 0 Å². The van der Waals surface area contributed by atoms with E-state index in [2.05, 4.69) is 52.4 Å². The molecule has 2 radical (unpaired) electrons. The first-order valence-corrected chi connectivity index (χ1v) is 12.6. The van der Waals surface area contributed by atoms with Crippen molar-refractivity contribution in [3.63, 3.8) is 0 Å². The lowest BCUT2D eigenvalue weighted by Crippen LogP contribution is -2.16. The van der Waals surface area contributed by atoms with Crippen molar-refractivity contribution in [1.82, 2.24) is 0 Å². The van der Waals surface area contributed by atoms with Crippen molar-refractivity contribution in [3.8, 4) is 0 Å². The Bertz CT molecular complexity index is 38.5. The highest BCUT2D eigenvalue weighted by Gasteiger charge is 2.16. The molecule has 0 nitrogen and oxygen atoms in total. The molecule has 0 aromatic carbocycles. The maximum atomic E-state index is 3.50. The molecule has 0 saturated heterocycles. The van der Waals surface area contributed by atoms with Crippen molar-refractivity contribution < 1.29 is 0 Å². The smallest absolute Gasteiger partial charge is 0.133 e. The third kappa shape index (κ3) is 5.87. The predicted molar refractivity (Wildman–Crippen MR) is 44.2 cm³/mol. The van der Waals surface area contributed by atoms with Crippen molar-refractivity contribution in [2.75, 3.05) is 0 Å². The minimum atomic E-state index is -1.06. The number of hydrogen-bond acceptors (Lipinski definition) is 0. The molecule has 0 bridgehead atoms. The summed E-state index contributed by atoms with van der Waals surface area (Å²) in [6.07, 6.45) is 0. The van der Waals surface area contributed by atoms with Crippen molar-refractivity contribution in [3.05, 3.63) is 0 Å². The molecule has 5 heteroatoms. The predicted octanol–water partition coefficient (Wildman–Crippen LogP) is 2.36. The van der Waals surface area contributed by atoms with Gasteiger partial charge in [-0.25, -0.2) is 0 Å². The van der Waals surface area contributed by atoms with Crippen molar-refractivity contribution in [2.45, 2.75) is 6.55 Å². The summed E-state index contributed by atoms with van der Waals surface area (Å²) in [6, 6.07) is 0. The van der Waals surface area contributed by atoms with Crippen LogP contribution in [0.15, 0.2) is 0 Å². The minimum absolute atomic E-state index is 0.852. The summed E-state index contributed by atoms with van der Waals surface area (Å²) in [5.74, 6) is 0. The van der Waals surface area contributed by atoms with Crippen LogP contribution in [0.4, 0.5) is 0 Å². The molecule has 0 aromatic rings. The van der Waals surface area contributed by atoms with Gasteiger partial charge in [-0.2, -0.15) is 0 Å². The third-order valence-corrected chi connectivity index (χ3v) is 21.8. The van der Waals surface area contributed by atoms with Gasteiger partial charge in [0, 0.05) is 0 Å². The maximum absolute atomic E-state index is 3.50. The summed E-state index contributed by atoms with van der Waals surface area (Å²) in [6.45, 7) is 2.18. The van der Waals surface area contributed by atoms with Gasteiger partial charge in [-0.1, -0.05) is 6.55 Å². The lowest BCUT2D eigenvalue weighted by molar-refractivity contribution is 2.34. The fourth-order valence-corrected chi connectivity index (χ4v) is 0. The summed E-state index contributed by atoms with van der Waals surface area (Å²) in [5, 5.41) is 0. The molecule has 0 heterocycles. The topological polar surface area (TPSA) is 0 Å². The number of halogens is 3. The Morgan fingerprint density at radius 2 is 1.67 bits per heavy atom. The first-order chi connectivity index (χ1) is 2.56. The van der Waals surface area contributed by atoms with Gasteiger partial charge in [0.05, 0.1) is 0 Å². The summed E-state index contributed by atoms with van der Waals surface area (Å²) >= 11 is 10.4. The van der Waals surface area contributed by atoms with Gasteiger partial charge in [0.1, 0.15) is 0 Å². The Balaban J connectivity index is 3.17. The molecule has 0 unspecified atom stereocenters. The van der Waals surface area contributed by atoms with Gasteiger partial charge in [0.15, 0.2) is 12.5 Å². The lowest BCUT2D eigenvalue weighted by atomic mass is 11.9. The summed E-state index contributed by atoms with van der Waals surface area (Å²) < 4.78 is 0. The molecule has 0 aliphatic rings. The van der Waals surface area contributed by atoms with E-state index < -0.39 is 4.83 Å². The number of rotatable bonds is 1. The van der Waals surface area contributed by atoms with Gasteiger partial charge in [-0.3, -0.25) is 0 Å². The van der Waals surface area contributed by atoms with E-state index in [9.17, 15) is 0 Å². The van der Waals surface area contributed by atoms with Crippen molar-refractivity contribution in [2.24, 2.45) is 0 Å². The molecular weight excluding hydrogens is 308 g/mol. The molecule has 0 aliphatic carbocycles. The maximum Gasteiger partial charge on any atom is 0.196 e. The Kier molecular flexibility index (Phi) is 3.95. The normalized spacial score (nSPS) is 12.0. The molecule has 0 fully saturated rings. The molecule has 0 atom stereocenters. The van der Waals surface area contributed by atoms with E-state index in [1.807, 2.05) is 0 Å². The van der Waals surface area contributed by atoms with E-state index in [-0.39, 0.29) is 0 Å². The standard InChI is InChI=1S/CH3Br3Si2/c1-6(3,4)5-2/h1H3. The molecule has 0 amide bonds. The van der Waals surface area contributed by atoms with Gasteiger partial charge in [0.2, 0.25) is 0 Å². The van der Waals surface area contributed by atoms with Crippen LogP contribution in [0.5, 0.6) is 0 Å². The van der Waals surface area contributed by atoms with Crippen LogP contribution >= 0.6 is 45.9 Å². The Hall–Kier alpha value is 1.87. The van der Waals surface area contributed by atoms with Crippen LogP contribution in [-0.4, -0.2) is 12.5 Å². The second-order valence-electron chi connectivity index (χ2n) is 0.983. The monoisotopic (exact) mass is 308 g/mol. The zero-order valence-corrected chi connectivity index (χ0v) is 9.89. The Morgan fingerprint density at radius 3 is 1.67 bits per heavy atom. The minimum Gasteiger partial charge on any atom is -0.133 e. The fraction of sp³-hybridized carbons (Fsp3) is 1.00. The van der Waals surface area contributed by atoms with E-state index in [1.165, 1.54) is 0 Å². The van der Waals surface area contributed by atoms with Gasteiger partial charge in [-0.15, -0.1) is 45.9 Å². The summed E-state index contributed by atoms with van der Waals surface area (Å²) in [4.78, 5) is -1.06. The molecule has 0 spiro atoms. The van der Waals surface area contributed by atoms with Crippen LogP contribution in [0.2, 0.25) is 6.55 Å². The van der Waals surface area contributed by atoms with Crippen LogP contribution in [-0.2, 0) is 0 Å². The third-order valence-electron chi connectivity index (χ3n) is 0.166. The highest BCUT2D eigenvalue weighted by Crippen LogP contribution is 2.18. The fourth-order valence-electron chi connectivity index (χ4n) is 0. The Labute approximate surface area is 64.4 Å². The molecule has 6 heavy (non-hydrogen) atoms. The Morgan fingerprint density at radius 1 is 1.50 bits per heavy atom. The van der Waals surface area contributed by atoms with Gasteiger partial charge in [-0.05, 0) is 0 Å². The highest BCUT2D eigenvalue weighted by molar-refractivity contribution is 9.55. The largest absolute Gasteiger partial charge is 0.196 e. The molecular formula is CH3Br3Si2. The molecule has 0 aliphatic heterocycles. The average Bonchev–Trinajstić information content (AvgIpc) is 1.35. The number of hydrogen-bond donors (Lipinski definition) is 0. The lowest BCUT2D eigenvalue weighted by Gasteiger charge is -2.00. The van der Waals surface area contributed by atoms with Crippen LogP contribution in [0.25, 0.3) is 0 Å². The van der Waals surface area contributed by atoms with Crippen LogP contribution < -0.4 is 0 Å². The van der Waals surface area contributed by atoms with Crippen molar-refractivity contribution >= 4 is 58.4 Å². The average molecular weight is 311 g/mol. The molecule has 0 saturated carbocycles. The first kappa shape index (κ1) is 7.87. The van der Waals surface area contributed by atoms with Crippen LogP contribution in [0, 0.1) is 0 Å². The van der Waals surface area contributed by atoms with E-state index in [1.54, 1.807) is 0 Å². The zero-order valence-electron chi connectivity index (χ0n) is 3.13. The highest BCUT2D eigenvalue weighted by atomic mass is 79.9. The van der Waals surface area contributed by atoms with Crippen LogP contribution in [0.3, 0.4) is 0 Å². The first-order valence-electron chi connectivity index (χ1n) is 1.32. The second-order valence-corrected chi connectivity index (χ2v) is 27.2. The molecule has 0 rings (SSSR count). The molecule has 0 aromatic heterocycles. The van der Waals surface area contributed by atoms with E-state index in [4.69, 9.17) is 0 Å². The van der Waals surface area contributed by atoms with Gasteiger partial charge >= 0.3 is 0 Å².